The van der Waals surface area contributed by atoms with Crippen LogP contribution in [0.3, 0.4) is 0 Å². The van der Waals surface area contributed by atoms with E-state index in [-0.39, 0.29) is 34.9 Å². The van der Waals surface area contributed by atoms with Crippen LogP contribution in [0.5, 0.6) is 11.5 Å². The second kappa shape index (κ2) is 11.7. The second-order valence-corrected chi connectivity index (χ2v) is 10.4. The number of methoxy groups -OCH3 is 1. The largest absolute Gasteiger partial charge is 0.493 e. The summed E-state index contributed by atoms with van der Waals surface area (Å²) in [4.78, 5) is 17.1. The third kappa shape index (κ3) is 6.27. The van der Waals surface area contributed by atoms with Crippen molar-refractivity contribution in [2.45, 2.75) is 43.7 Å². The number of anilines is 1. The lowest BCUT2D eigenvalue weighted by Crippen LogP contribution is -2.52. The van der Waals surface area contributed by atoms with Crippen molar-refractivity contribution in [1.29, 1.82) is 0 Å². The third-order valence-electron chi connectivity index (χ3n) is 7.00. The first-order valence-corrected chi connectivity index (χ1v) is 13.1. The van der Waals surface area contributed by atoms with Gasteiger partial charge in [-0.1, -0.05) is 0 Å². The highest BCUT2D eigenvalue weighted by Gasteiger charge is 2.57. The molecule has 6 N–H and O–H groups in total. The highest BCUT2D eigenvalue weighted by Crippen LogP contribution is 2.44. The van der Waals surface area contributed by atoms with E-state index >= 15 is 0 Å². The van der Waals surface area contributed by atoms with Crippen molar-refractivity contribution in [1.82, 2.24) is 10.3 Å². The fraction of sp³-hybridized carbons (Fsp3) is 0.379. The van der Waals surface area contributed by atoms with E-state index in [1.54, 1.807) is 6.92 Å². The summed E-state index contributed by atoms with van der Waals surface area (Å²) >= 11 is 0. The normalized spacial score (nSPS) is 18.7. The van der Waals surface area contributed by atoms with E-state index in [9.17, 15) is 32.6 Å². The molecule has 0 radical (unpaired) electrons. The Morgan fingerprint density at radius 2 is 1.88 bits per heavy atom. The molecule has 2 heterocycles. The van der Waals surface area contributed by atoms with Gasteiger partial charge in [0.1, 0.15) is 12.4 Å². The molecule has 42 heavy (non-hydrogen) atoms. The van der Waals surface area contributed by atoms with Crippen LogP contribution in [0.2, 0.25) is 0 Å². The Hall–Kier alpha value is -3.94. The fourth-order valence-corrected chi connectivity index (χ4v) is 4.57. The van der Waals surface area contributed by atoms with Crippen LogP contribution in [0.25, 0.3) is 11.3 Å². The van der Waals surface area contributed by atoms with Crippen molar-refractivity contribution in [2.24, 2.45) is 5.73 Å². The minimum atomic E-state index is -5.27. The summed E-state index contributed by atoms with van der Waals surface area (Å²) in [6.45, 7) is 2.26. The van der Waals surface area contributed by atoms with E-state index in [4.69, 9.17) is 15.2 Å². The summed E-state index contributed by atoms with van der Waals surface area (Å²) in [6, 6.07) is 10.0. The molecule has 4 rings (SSSR count). The Morgan fingerprint density at radius 1 is 1.19 bits per heavy atom. The molecule has 9 nitrogen and oxygen atoms in total. The molecule has 0 saturated heterocycles. The standard InChI is InChI=1S/C29H32F4N4O5/c1-16(38)14-42-21-9-6-18(12-22(21)41-3)26(39)36-15-28(40,29(31,32)33)23-13-20-25(35-11-10-27(20,2)34)24(37-23)17-4-7-19(30)8-5-17/h4-9,12-13,16,35,38,40H,10-11,14-15,34H2,1-3H3,(H,36,39)/t16-,27+,28-/m1/s1. The van der Waals surface area contributed by atoms with Gasteiger partial charge in [0.2, 0.25) is 5.60 Å². The van der Waals surface area contributed by atoms with E-state index in [1.165, 1.54) is 44.4 Å². The minimum absolute atomic E-state index is 0.0467. The zero-order chi connectivity index (χ0) is 30.9. The van der Waals surface area contributed by atoms with Gasteiger partial charge in [-0.15, -0.1) is 0 Å². The molecule has 0 unspecified atom stereocenters. The van der Waals surface area contributed by atoms with Crippen LogP contribution in [0.4, 0.5) is 23.2 Å². The number of nitrogens with one attached hydrogen (secondary N) is 2. The number of halogens is 4. The van der Waals surface area contributed by atoms with E-state index in [0.29, 0.717) is 24.2 Å². The van der Waals surface area contributed by atoms with Gasteiger partial charge in [-0.2, -0.15) is 13.2 Å². The van der Waals surface area contributed by atoms with Gasteiger partial charge in [-0.05, 0) is 74.4 Å². The quantitative estimate of drug-likeness (QED) is 0.237. The maximum absolute atomic E-state index is 14.6. The number of pyridine rings is 1. The number of benzene rings is 2. The van der Waals surface area contributed by atoms with Crippen molar-refractivity contribution in [3.05, 3.63) is 71.2 Å². The number of nitrogens with two attached hydrogens (primary N) is 1. The highest BCUT2D eigenvalue weighted by molar-refractivity contribution is 5.95. The SMILES string of the molecule is COc1cc(C(=O)NC[C@@](O)(c2cc3c(c(-c4ccc(F)cc4)n2)NCC[C@]3(C)N)C(F)(F)F)ccc1OC[C@@H](C)O. The number of carbonyl (C=O) groups is 1. The summed E-state index contributed by atoms with van der Waals surface area (Å²) in [5.41, 5.74) is 1.93. The maximum Gasteiger partial charge on any atom is 0.424 e. The summed E-state index contributed by atoms with van der Waals surface area (Å²) in [5.74, 6) is -1.15. The molecular weight excluding hydrogens is 560 g/mol. The van der Waals surface area contributed by atoms with Gasteiger partial charge in [-0.3, -0.25) is 4.79 Å². The molecule has 13 heteroatoms. The van der Waals surface area contributed by atoms with Crippen molar-refractivity contribution >= 4 is 11.6 Å². The Morgan fingerprint density at radius 3 is 2.50 bits per heavy atom. The van der Waals surface area contributed by atoms with E-state index in [2.05, 4.69) is 15.6 Å². The zero-order valence-corrected chi connectivity index (χ0v) is 23.2. The van der Waals surface area contributed by atoms with Crippen LogP contribution in [0, 0.1) is 5.82 Å². The molecule has 1 amide bonds. The number of amides is 1. The van der Waals surface area contributed by atoms with Crippen molar-refractivity contribution in [3.63, 3.8) is 0 Å². The maximum atomic E-state index is 14.6. The number of hydrogen-bond acceptors (Lipinski definition) is 8. The summed E-state index contributed by atoms with van der Waals surface area (Å²) in [7, 11) is 1.31. The Bertz CT molecular complexity index is 1450. The molecule has 1 aromatic heterocycles. The van der Waals surface area contributed by atoms with Crippen LogP contribution in [0.15, 0.2) is 48.5 Å². The third-order valence-corrected chi connectivity index (χ3v) is 7.00. The fourth-order valence-electron chi connectivity index (χ4n) is 4.57. The average molecular weight is 593 g/mol. The highest BCUT2D eigenvalue weighted by atomic mass is 19.4. The van der Waals surface area contributed by atoms with E-state index in [1.807, 2.05) is 0 Å². The molecule has 226 valence electrons. The van der Waals surface area contributed by atoms with Gasteiger partial charge in [0, 0.05) is 23.2 Å². The lowest BCUT2D eigenvalue weighted by molar-refractivity contribution is -0.265. The first kappa shape index (κ1) is 31.0. The van der Waals surface area contributed by atoms with E-state index < -0.39 is 47.4 Å². The van der Waals surface area contributed by atoms with Gasteiger partial charge in [0.05, 0.1) is 36.8 Å². The number of hydrogen-bond donors (Lipinski definition) is 5. The van der Waals surface area contributed by atoms with Crippen LogP contribution >= 0.6 is 0 Å². The number of aliphatic hydroxyl groups excluding tert-OH is 1. The molecule has 3 aromatic rings. The van der Waals surface area contributed by atoms with Gasteiger partial charge in [0.15, 0.2) is 11.5 Å². The predicted molar refractivity (Wildman–Crippen MR) is 147 cm³/mol. The number of alkyl halides is 3. The van der Waals surface area contributed by atoms with Crippen LogP contribution < -0.4 is 25.8 Å². The Balaban J connectivity index is 1.72. The Labute approximate surface area is 239 Å². The van der Waals surface area contributed by atoms with Crippen LogP contribution in [-0.4, -0.2) is 60.2 Å². The molecule has 0 spiro atoms. The molecule has 1 aliphatic heterocycles. The first-order valence-electron chi connectivity index (χ1n) is 13.1. The van der Waals surface area contributed by atoms with Crippen LogP contribution in [-0.2, 0) is 11.1 Å². The number of fused-ring (bicyclic) bond motifs is 1. The number of rotatable bonds is 9. The van der Waals surface area contributed by atoms with Crippen molar-refractivity contribution < 1.29 is 42.0 Å². The molecular formula is C29H32F4N4O5. The van der Waals surface area contributed by atoms with Crippen molar-refractivity contribution in [3.8, 4) is 22.8 Å². The summed E-state index contributed by atoms with van der Waals surface area (Å²) in [5, 5.41) is 25.9. The topological polar surface area (TPSA) is 139 Å². The molecule has 3 atom stereocenters. The first-order chi connectivity index (χ1) is 19.7. The number of nitrogens with zero attached hydrogens (tertiary/aromatic N) is 1. The smallest absolute Gasteiger partial charge is 0.424 e. The molecule has 0 saturated carbocycles. The monoisotopic (exact) mass is 592 g/mol. The van der Waals surface area contributed by atoms with Crippen LogP contribution in [0.1, 0.15) is 41.9 Å². The molecule has 0 fully saturated rings. The number of ether oxygens (including phenoxy) is 2. The second-order valence-electron chi connectivity index (χ2n) is 10.4. The van der Waals surface area contributed by atoms with Crippen molar-refractivity contribution in [2.75, 3.05) is 32.1 Å². The molecule has 1 aliphatic rings. The molecule has 0 bridgehead atoms. The van der Waals surface area contributed by atoms with Gasteiger partial charge in [-0.25, -0.2) is 9.37 Å². The molecule has 2 aromatic carbocycles. The Kier molecular flexibility index (Phi) is 8.67. The predicted octanol–water partition coefficient (Wildman–Crippen LogP) is 3.83. The summed E-state index contributed by atoms with van der Waals surface area (Å²) in [6.07, 6.45) is -5.66. The molecule has 0 aliphatic carbocycles. The average Bonchev–Trinajstić information content (AvgIpc) is 2.93. The lowest BCUT2D eigenvalue weighted by Gasteiger charge is -2.37. The number of aliphatic hydroxyl groups is 2. The number of aromatic nitrogens is 1. The van der Waals surface area contributed by atoms with Gasteiger partial charge >= 0.3 is 6.18 Å². The zero-order valence-electron chi connectivity index (χ0n) is 23.2. The number of carbonyl (C=O) groups excluding carboxylic acids is 1. The van der Waals surface area contributed by atoms with E-state index in [0.717, 1.165) is 18.2 Å². The van der Waals surface area contributed by atoms with Gasteiger partial charge < -0.3 is 36.1 Å². The van der Waals surface area contributed by atoms with Gasteiger partial charge in [0.25, 0.3) is 5.91 Å². The lowest BCUT2D eigenvalue weighted by atomic mass is 9.82. The minimum Gasteiger partial charge on any atom is -0.493 e. The summed E-state index contributed by atoms with van der Waals surface area (Å²) < 4.78 is 68.0.